The van der Waals surface area contributed by atoms with E-state index in [0.29, 0.717) is 25.7 Å². The quantitative estimate of drug-likeness (QED) is 0.00644. The molecule has 0 saturated carbocycles. The first-order chi connectivity index (χ1) is 49.6. The Morgan fingerprint density at radius 1 is 0.333 bits per heavy atom. The summed E-state index contributed by atoms with van der Waals surface area (Å²) in [4.78, 5) is 77.5. The zero-order chi connectivity index (χ0) is 74.8. The fourth-order valence-electron chi connectivity index (χ4n) is 10.5. The number of phosphoric acid groups is 2. The van der Waals surface area contributed by atoms with Crippen molar-refractivity contribution >= 4 is 39.5 Å². The molecule has 0 aromatic heterocycles. The fraction of sp³-hybridized carbons (Fsp3) is 0.753. The summed E-state index contributed by atoms with van der Waals surface area (Å²) in [6, 6.07) is 0. The van der Waals surface area contributed by atoms with Crippen LogP contribution >= 0.6 is 15.6 Å². The van der Waals surface area contributed by atoms with Crippen molar-refractivity contribution in [2.45, 2.75) is 354 Å². The second kappa shape index (κ2) is 73.8. The Kier molecular flexibility index (Phi) is 70.8. The van der Waals surface area contributed by atoms with Crippen molar-refractivity contribution in [3.63, 3.8) is 0 Å². The van der Waals surface area contributed by atoms with Gasteiger partial charge in [0.15, 0.2) is 12.2 Å². The summed E-state index contributed by atoms with van der Waals surface area (Å²) >= 11 is 0. The van der Waals surface area contributed by atoms with Crippen LogP contribution in [0.1, 0.15) is 329 Å². The molecule has 19 nitrogen and oxygen atoms in total. The van der Waals surface area contributed by atoms with E-state index >= 15 is 0 Å². The Labute approximate surface area is 617 Å². The number of esters is 4. The minimum absolute atomic E-state index is 0.0606. The number of rotatable bonds is 75. The molecule has 0 saturated heterocycles. The molecule has 0 fully saturated rings. The number of ether oxygens (including phenoxy) is 4. The van der Waals surface area contributed by atoms with Gasteiger partial charge in [-0.1, -0.05) is 260 Å². The van der Waals surface area contributed by atoms with Gasteiger partial charge in [-0.15, -0.1) is 0 Å². The van der Waals surface area contributed by atoms with Crippen molar-refractivity contribution in [1.29, 1.82) is 0 Å². The second-order valence-electron chi connectivity index (χ2n) is 26.6. The van der Waals surface area contributed by atoms with Crippen molar-refractivity contribution < 1.29 is 90.4 Å². The van der Waals surface area contributed by atoms with Crippen LogP contribution in [0.25, 0.3) is 0 Å². The maximum atomic E-state index is 13.1. The van der Waals surface area contributed by atoms with E-state index in [1.807, 2.05) is 18.2 Å². The van der Waals surface area contributed by atoms with Crippen LogP contribution in [0.5, 0.6) is 0 Å². The Morgan fingerprint density at radius 2 is 0.618 bits per heavy atom. The normalized spacial score (nSPS) is 14.7. The highest BCUT2D eigenvalue weighted by molar-refractivity contribution is 7.47. The lowest BCUT2D eigenvalue weighted by Gasteiger charge is -2.21. The summed E-state index contributed by atoms with van der Waals surface area (Å²) in [5, 5.41) is 19.8. The van der Waals surface area contributed by atoms with Gasteiger partial charge in [0.25, 0.3) is 0 Å². The SMILES string of the molecule is CCCCC/C=C\C/C=C\CCCCCCCC(=O)OC[C@H](COP(=O)(O)OC[C@H](O)COP(=O)(O)OC[C@@H](COC(=O)CCCCCCC/C=C\C=C\C(CCCCC)OO)OC(=O)CCCCCCC/C=C\C/C=C\CCCCC)OC(=O)CCCCCCC/C=C\C/C=C\CCCCC. The Bertz CT molecular complexity index is 2330. The molecule has 0 rings (SSSR count). The number of carbonyl (C=O) groups excluding carboxylic acids is 4. The van der Waals surface area contributed by atoms with Crippen LogP contribution in [-0.4, -0.2) is 108 Å². The molecular weight excluding hydrogens is 1340 g/mol. The molecule has 3 unspecified atom stereocenters. The van der Waals surface area contributed by atoms with Crippen molar-refractivity contribution in [2.24, 2.45) is 0 Å². The van der Waals surface area contributed by atoms with Crippen molar-refractivity contribution in [3.8, 4) is 0 Å². The van der Waals surface area contributed by atoms with Crippen LogP contribution in [0.4, 0.5) is 0 Å². The maximum Gasteiger partial charge on any atom is 0.472 e. The second-order valence-corrected chi connectivity index (χ2v) is 29.5. The molecule has 0 aromatic rings. The smallest absolute Gasteiger partial charge is 0.462 e. The molecule has 21 heteroatoms. The number of hydrogen-bond acceptors (Lipinski definition) is 17. The first-order valence-corrected chi connectivity index (χ1v) is 42.7. The Hall–Kier alpha value is -4.10. The molecule has 0 bridgehead atoms. The summed E-state index contributed by atoms with van der Waals surface area (Å²) in [5.74, 6) is -2.28. The molecule has 590 valence electrons. The number of aliphatic hydroxyl groups excluding tert-OH is 1. The number of phosphoric ester groups is 2. The topological polar surface area (TPSA) is 266 Å². The summed E-state index contributed by atoms with van der Waals surface area (Å²) < 4.78 is 68.5. The van der Waals surface area contributed by atoms with Gasteiger partial charge in [0, 0.05) is 25.7 Å². The van der Waals surface area contributed by atoms with Gasteiger partial charge in [0.05, 0.1) is 26.4 Å². The Balaban J connectivity index is 5.44. The zero-order valence-corrected chi connectivity index (χ0v) is 65.6. The van der Waals surface area contributed by atoms with Gasteiger partial charge in [-0.3, -0.25) is 42.5 Å². The minimum atomic E-state index is -5.00. The van der Waals surface area contributed by atoms with E-state index < -0.39 is 97.5 Å². The van der Waals surface area contributed by atoms with Crippen LogP contribution in [0, 0.1) is 0 Å². The molecule has 0 aromatic carbocycles. The van der Waals surface area contributed by atoms with Crippen molar-refractivity contribution in [2.75, 3.05) is 39.6 Å². The predicted octanol–water partition coefficient (Wildman–Crippen LogP) is 22.2. The molecule has 0 aliphatic heterocycles. The van der Waals surface area contributed by atoms with E-state index in [1.54, 1.807) is 0 Å². The van der Waals surface area contributed by atoms with Gasteiger partial charge in [-0.05, 0) is 141 Å². The van der Waals surface area contributed by atoms with Gasteiger partial charge in [0.2, 0.25) is 0 Å². The van der Waals surface area contributed by atoms with Crippen LogP contribution in [-0.2, 0) is 70.2 Å². The van der Waals surface area contributed by atoms with E-state index in [-0.39, 0.29) is 31.8 Å². The number of allylic oxidation sites excluding steroid dienone is 15. The summed E-state index contributed by atoms with van der Waals surface area (Å²) in [6.07, 6.45) is 72.5. The zero-order valence-electron chi connectivity index (χ0n) is 63.8. The lowest BCUT2D eigenvalue weighted by atomic mass is 10.1. The van der Waals surface area contributed by atoms with E-state index in [0.717, 1.165) is 193 Å². The number of carbonyl (C=O) groups is 4. The molecule has 6 atom stereocenters. The first kappa shape index (κ1) is 97.9. The molecule has 0 aliphatic rings. The standard InChI is InChI=1S/C81H142O19P2/c1-5-9-13-16-19-22-25-28-31-34-37-42-47-52-58-64-78(83)92-70-76(98-80(85)66-60-54-49-43-38-35-32-29-26-23-20-17-14-10-6-2)72-96-101(88,89)94-68-74(82)69-95-102(90,91)97-73-77(99-81(86)67-61-55-50-44-39-36-33-30-27-24-21-18-15-11-7-3)71-93-79(84)65-59-53-48-45-40-41-46-51-57-63-75(100-87)62-56-12-8-4/h19-24,28-33,46,51,57,63,74-77,82,87H,5-18,25-27,34-45,47-50,52-56,58-62,64-73H2,1-4H3,(H,88,89)(H,90,91)/b22-19-,23-20-,24-21-,31-28-,32-29-,33-30-,51-46-,63-57+/t74-,75?,76+,77+/m0/s1. The number of aliphatic hydroxyl groups is 1. The van der Waals surface area contributed by atoms with Crippen LogP contribution in [0.2, 0.25) is 0 Å². The van der Waals surface area contributed by atoms with E-state index in [1.165, 1.54) is 57.8 Å². The maximum absolute atomic E-state index is 13.1. The van der Waals surface area contributed by atoms with Gasteiger partial charge >= 0.3 is 39.5 Å². The van der Waals surface area contributed by atoms with Gasteiger partial charge in [-0.25, -0.2) is 14.0 Å². The molecule has 0 heterocycles. The third-order valence-corrected chi connectivity index (χ3v) is 18.6. The number of hydrogen-bond donors (Lipinski definition) is 4. The third kappa shape index (κ3) is 71.5. The third-order valence-electron chi connectivity index (χ3n) is 16.7. The summed E-state index contributed by atoms with van der Waals surface area (Å²) in [5.41, 5.74) is 0. The highest BCUT2D eigenvalue weighted by Crippen LogP contribution is 2.45. The fourth-order valence-corrected chi connectivity index (χ4v) is 12.1. The van der Waals surface area contributed by atoms with Gasteiger partial charge in [0.1, 0.15) is 25.4 Å². The molecule has 0 radical (unpaired) electrons. The molecule has 102 heavy (non-hydrogen) atoms. The minimum Gasteiger partial charge on any atom is -0.462 e. The van der Waals surface area contributed by atoms with Crippen molar-refractivity contribution in [3.05, 3.63) is 97.2 Å². The van der Waals surface area contributed by atoms with Crippen LogP contribution in [0.15, 0.2) is 97.2 Å². The molecule has 4 N–H and O–H groups in total. The number of unbranched alkanes of at least 4 members (excludes halogenated alkanes) is 31. The summed E-state index contributed by atoms with van der Waals surface area (Å²) in [6.45, 7) is 4.56. The highest BCUT2D eigenvalue weighted by Gasteiger charge is 2.30. The molecule has 0 spiro atoms. The predicted molar refractivity (Wildman–Crippen MR) is 411 cm³/mol. The van der Waals surface area contributed by atoms with E-state index in [4.69, 9.17) is 42.3 Å². The average Bonchev–Trinajstić information content (AvgIpc) is 0.965. The highest BCUT2D eigenvalue weighted by atomic mass is 31.2. The first-order valence-electron chi connectivity index (χ1n) is 39.7. The van der Waals surface area contributed by atoms with Crippen molar-refractivity contribution in [1.82, 2.24) is 0 Å². The van der Waals surface area contributed by atoms with E-state index in [9.17, 15) is 43.2 Å². The average molecular weight is 1480 g/mol. The van der Waals surface area contributed by atoms with Gasteiger partial charge < -0.3 is 33.8 Å². The van der Waals surface area contributed by atoms with Crippen LogP contribution in [0.3, 0.4) is 0 Å². The van der Waals surface area contributed by atoms with Crippen LogP contribution < -0.4 is 0 Å². The monoisotopic (exact) mass is 1480 g/mol. The largest absolute Gasteiger partial charge is 0.472 e. The van der Waals surface area contributed by atoms with Gasteiger partial charge in [-0.2, -0.15) is 0 Å². The molecule has 0 amide bonds. The molecule has 0 aliphatic carbocycles. The molecular formula is C81H142O19P2. The summed E-state index contributed by atoms with van der Waals surface area (Å²) in [7, 11) is -9.99. The van der Waals surface area contributed by atoms with E-state index in [2.05, 4.69) is 112 Å². The lowest BCUT2D eigenvalue weighted by molar-refractivity contribution is -0.267. The Morgan fingerprint density at radius 3 is 0.951 bits per heavy atom. The lowest BCUT2D eigenvalue weighted by Crippen LogP contribution is -2.30.